The van der Waals surface area contributed by atoms with Gasteiger partial charge in [-0.3, -0.25) is 4.79 Å². The lowest BCUT2D eigenvalue weighted by Crippen LogP contribution is -2.51. The second-order valence-corrected chi connectivity index (χ2v) is 5.63. The monoisotopic (exact) mass is 256 g/mol. The molecule has 1 unspecified atom stereocenters. The van der Waals surface area contributed by atoms with E-state index in [4.69, 9.17) is 5.73 Å². The average Bonchev–Trinajstić information content (AvgIpc) is 2.44. The van der Waals surface area contributed by atoms with Crippen molar-refractivity contribution < 1.29 is 9.90 Å². The molecule has 0 radical (unpaired) electrons. The van der Waals surface area contributed by atoms with Crippen LogP contribution in [0.4, 0.5) is 0 Å². The molecule has 1 amide bonds. The van der Waals surface area contributed by atoms with E-state index in [1.165, 1.54) is 19.3 Å². The predicted molar refractivity (Wildman–Crippen MR) is 73.1 cm³/mol. The highest BCUT2D eigenvalue weighted by atomic mass is 16.3. The van der Waals surface area contributed by atoms with Gasteiger partial charge in [-0.15, -0.1) is 0 Å². The van der Waals surface area contributed by atoms with Crippen LogP contribution in [-0.2, 0) is 4.79 Å². The molecule has 0 aromatic rings. The fraction of sp³-hybridized carbons (Fsp3) is 0.929. The number of carbonyl (C=O) groups is 1. The second-order valence-electron chi connectivity index (χ2n) is 5.63. The molecule has 0 aromatic carbocycles. The zero-order chi connectivity index (χ0) is 13.6. The van der Waals surface area contributed by atoms with Crippen LogP contribution in [-0.4, -0.2) is 41.7 Å². The number of nitrogens with two attached hydrogens (primary N) is 1. The first kappa shape index (κ1) is 15.4. The lowest BCUT2D eigenvalue weighted by molar-refractivity contribution is -0.144. The minimum Gasteiger partial charge on any atom is -0.395 e. The van der Waals surface area contributed by atoms with Crippen LogP contribution in [0.2, 0.25) is 0 Å². The van der Waals surface area contributed by atoms with E-state index >= 15 is 0 Å². The molecular formula is C14H28N2O2. The Balaban J connectivity index is 2.79. The number of hydrogen-bond donors (Lipinski definition) is 2. The van der Waals surface area contributed by atoms with Gasteiger partial charge >= 0.3 is 0 Å². The van der Waals surface area contributed by atoms with Gasteiger partial charge in [0.15, 0.2) is 0 Å². The molecule has 0 saturated heterocycles. The lowest BCUT2D eigenvalue weighted by Gasteiger charge is -2.39. The van der Waals surface area contributed by atoms with Gasteiger partial charge in [0.25, 0.3) is 0 Å². The van der Waals surface area contributed by atoms with E-state index in [2.05, 4.69) is 0 Å². The molecule has 1 aliphatic carbocycles. The van der Waals surface area contributed by atoms with Crippen molar-refractivity contribution in [2.24, 2.45) is 11.1 Å². The molecule has 1 saturated carbocycles. The van der Waals surface area contributed by atoms with Crippen LogP contribution in [0.15, 0.2) is 0 Å². The third-order valence-electron chi connectivity index (χ3n) is 4.36. The molecule has 1 fully saturated rings. The van der Waals surface area contributed by atoms with Gasteiger partial charge in [0.1, 0.15) is 0 Å². The first-order valence-corrected chi connectivity index (χ1v) is 7.21. The Morgan fingerprint density at radius 2 is 2.00 bits per heavy atom. The minimum absolute atomic E-state index is 0.0343. The van der Waals surface area contributed by atoms with Crippen molar-refractivity contribution in [3.8, 4) is 0 Å². The van der Waals surface area contributed by atoms with Crippen molar-refractivity contribution in [1.29, 1.82) is 0 Å². The number of hydrogen-bond acceptors (Lipinski definition) is 3. The van der Waals surface area contributed by atoms with E-state index < -0.39 is 5.41 Å². The predicted octanol–water partition coefficient (Wildman–Crippen LogP) is 1.51. The summed E-state index contributed by atoms with van der Waals surface area (Å²) in [4.78, 5) is 14.5. The topological polar surface area (TPSA) is 66.6 Å². The summed E-state index contributed by atoms with van der Waals surface area (Å²) in [5, 5.41) is 9.20. The van der Waals surface area contributed by atoms with Gasteiger partial charge in [0.05, 0.1) is 12.0 Å². The molecule has 0 aliphatic heterocycles. The fourth-order valence-electron chi connectivity index (χ4n) is 2.68. The summed E-state index contributed by atoms with van der Waals surface area (Å²) in [6, 6.07) is 0.302. The largest absolute Gasteiger partial charge is 0.395 e. The van der Waals surface area contributed by atoms with Crippen molar-refractivity contribution in [3.63, 3.8) is 0 Å². The van der Waals surface area contributed by atoms with Crippen LogP contribution in [0.5, 0.6) is 0 Å². The number of rotatable bonds is 6. The molecular weight excluding hydrogens is 228 g/mol. The van der Waals surface area contributed by atoms with Gasteiger partial charge < -0.3 is 15.7 Å². The summed E-state index contributed by atoms with van der Waals surface area (Å²) in [5.41, 5.74) is 5.29. The van der Waals surface area contributed by atoms with Crippen LogP contribution in [0.3, 0.4) is 0 Å². The van der Waals surface area contributed by atoms with E-state index in [1.807, 2.05) is 18.7 Å². The number of aliphatic hydroxyl groups is 1. The maximum Gasteiger partial charge on any atom is 0.230 e. The number of aliphatic hydroxyl groups excluding tert-OH is 1. The Bertz CT molecular complexity index is 259. The third kappa shape index (κ3) is 3.45. The SMILES string of the molecule is CCC(C)(CN)C(=O)N(CCO)C1CCCCC1. The highest BCUT2D eigenvalue weighted by molar-refractivity contribution is 5.83. The summed E-state index contributed by atoms with van der Waals surface area (Å²) >= 11 is 0. The van der Waals surface area contributed by atoms with Crippen molar-refractivity contribution >= 4 is 5.91 Å². The zero-order valence-electron chi connectivity index (χ0n) is 11.8. The standard InChI is InChI=1S/C14H28N2O2/c1-3-14(2,11-15)13(18)16(9-10-17)12-7-5-4-6-8-12/h12,17H,3-11,15H2,1-2H3. The molecule has 0 bridgehead atoms. The minimum atomic E-state index is -0.480. The fourth-order valence-corrected chi connectivity index (χ4v) is 2.68. The van der Waals surface area contributed by atoms with Crippen molar-refractivity contribution in [2.75, 3.05) is 19.7 Å². The van der Waals surface area contributed by atoms with Crippen LogP contribution < -0.4 is 5.73 Å². The van der Waals surface area contributed by atoms with Gasteiger partial charge in [-0.2, -0.15) is 0 Å². The Morgan fingerprint density at radius 1 is 1.39 bits per heavy atom. The van der Waals surface area contributed by atoms with E-state index in [0.29, 0.717) is 19.1 Å². The number of amides is 1. The smallest absolute Gasteiger partial charge is 0.230 e. The van der Waals surface area contributed by atoms with Crippen molar-refractivity contribution in [2.45, 2.75) is 58.4 Å². The summed E-state index contributed by atoms with van der Waals surface area (Å²) in [7, 11) is 0. The first-order valence-electron chi connectivity index (χ1n) is 7.21. The molecule has 4 nitrogen and oxygen atoms in total. The van der Waals surface area contributed by atoms with Gasteiger partial charge in [0, 0.05) is 19.1 Å². The molecule has 1 atom stereocenters. The van der Waals surface area contributed by atoms with E-state index in [1.54, 1.807) is 0 Å². The first-order chi connectivity index (χ1) is 8.59. The third-order valence-corrected chi connectivity index (χ3v) is 4.36. The van der Waals surface area contributed by atoms with Crippen molar-refractivity contribution in [3.05, 3.63) is 0 Å². The van der Waals surface area contributed by atoms with Gasteiger partial charge in [-0.05, 0) is 26.2 Å². The van der Waals surface area contributed by atoms with Crippen molar-refractivity contribution in [1.82, 2.24) is 4.90 Å². The van der Waals surface area contributed by atoms with Crippen LogP contribution in [0.1, 0.15) is 52.4 Å². The van der Waals surface area contributed by atoms with Crippen LogP contribution in [0.25, 0.3) is 0 Å². The lowest BCUT2D eigenvalue weighted by atomic mass is 9.84. The van der Waals surface area contributed by atoms with Gasteiger partial charge in [-0.25, -0.2) is 0 Å². The molecule has 1 rings (SSSR count). The molecule has 106 valence electrons. The van der Waals surface area contributed by atoms with E-state index in [-0.39, 0.29) is 12.5 Å². The second kappa shape index (κ2) is 7.10. The molecule has 0 aromatic heterocycles. The molecule has 3 N–H and O–H groups in total. The van der Waals surface area contributed by atoms with Gasteiger partial charge in [0.2, 0.25) is 5.91 Å². The maximum atomic E-state index is 12.7. The Kier molecular flexibility index (Phi) is 6.09. The molecule has 18 heavy (non-hydrogen) atoms. The van der Waals surface area contributed by atoms with E-state index in [0.717, 1.165) is 19.3 Å². The zero-order valence-corrected chi connectivity index (χ0v) is 11.8. The normalized spacial score (nSPS) is 20.4. The summed E-state index contributed by atoms with van der Waals surface area (Å²) in [5.74, 6) is 0.119. The molecule has 1 aliphatic rings. The summed E-state index contributed by atoms with van der Waals surface area (Å²) in [6.45, 7) is 4.79. The van der Waals surface area contributed by atoms with E-state index in [9.17, 15) is 9.90 Å². The molecule has 0 spiro atoms. The van der Waals surface area contributed by atoms with Crippen LogP contribution >= 0.6 is 0 Å². The van der Waals surface area contributed by atoms with Gasteiger partial charge in [-0.1, -0.05) is 26.2 Å². The maximum absolute atomic E-state index is 12.7. The quantitative estimate of drug-likeness (QED) is 0.757. The molecule has 0 heterocycles. The number of carbonyl (C=O) groups excluding carboxylic acids is 1. The average molecular weight is 256 g/mol. The Hall–Kier alpha value is -0.610. The molecule has 4 heteroatoms. The highest BCUT2D eigenvalue weighted by Crippen LogP contribution is 2.28. The summed E-state index contributed by atoms with van der Waals surface area (Å²) < 4.78 is 0. The highest BCUT2D eigenvalue weighted by Gasteiger charge is 2.36. The van der Waals surface area contributed by atoms with Crippen LogP contribution in [0, 0.1) is 5.41 Å². The Morgan fingerprint density at radius 3 is 2.44 bits per heavy atom. The number of nitrogens with zero attached hydrogens (tertiary/aromatic N) is 1. The Labute approximate surface area is 111 Å². The summed E-state index contributed by atoms with van der Waals surface area (Å²) in [6.07, 6.45) is 6.51.